The molecule has 2 aromatic rings. The number of para-hydroxylation sites is 1. The van der Waals surface area contributed by atoms with E-state index in [0.29, 0.717) is 16.3 Å². The number of Topliss-reactive ketones (excluding diaryl/α,β-unsaturated/α-hetero) is 1. The van der Waals surface area contributed by atoms with Crippen molar-refractivity contribution in [1.82, 2.24) is 0 Å². The van der Waals surface area contributed by atoms with Gasteiger partial charge in [0.05, 0.1) is 12.9 Å². The summed E-state index contributed by atoms with van der Waals surface area (Å²) in [4.78, 5) is 13.0. The van der Waals surface area contributed by atoms with Gasteiger partial charge in [-0.1, -0.05) is 35.9 Å². The number of halogens is 1. The molecule has 0 spiro atoms. The first-order valence-corrected chi connectivity index (χ1v) is 7.11. The third kappa shape index (κ3) is 3.75. The van der Waals surface area contributed by atoms with Gasteiger partial charge in [-0.3, -0.25) is 4.79 Å². The summed E-state index contributed by atoms with van der Waals surface area (Å²) in [6.07, 6.45) is 0. The fraction of sp³-hybridized carbons (Fsp3) is 0.133. The normalized spacial score (nSPS) is 10.2. The molecule has 0 saturated heterocycles. The van der Waals surface area contributed by atoms with E-state index in [1.165, 1.54) is 11.8 Å². The second-order valence-electron chi connectivity index (χ2n) is 3.87. The SMILES string of the molecule is COc1ccccc1SCC(=O)c1cccc(Cl)c1. The minimum atomic E-state index is 0.0541. The molecule has 98 valence electrons. The average Bonchev–Trinajstić information content (AvgIpc) is 2.45. The minimum Gasteiger partial charge on any atom is -0.496 e. The van der Waals surface area contributed by atoms with Crippen LogP contribution in [0.5, 0.6) is 5.75 Å². The van der Waals surface area contributed by atoms with E-state index in [2.05, 4.69) is 0 Å². The number of benzene rings is 2. The van der Waals surface area contributed by atoms with Gasteiger partial charge in [0, 0.05) is 15.5 Å². The van der Waals surface area contributed by atoms with Gasteiger partial charge in [-0.05, 0) is 24.3 Å². The summed E-state index contributed by atoms with van der Waals surface area (Å²) in [5.74, 6) is 1.20. The largest absolute Gasteiger partial charge is 0.496 e. The van der Waals surface area contributed by atoms with E-state index in [9.17, 15) is 4.79 Å². The quantitative estimate of drug-likeness (QED) is 0.606. The molecule has 0 aliphatic rings. The second kappa shape index (κ2) is 6.64. The maximum atomic E-state index is 12.0. The van der Waals surface area contributed by atoms with Crippen LogP contribution in [0.4, 0.5) is 0 Å². The van der Waals surface area contributed by atoms with Gasteiger partial charge in [0.15, 0.2) is 5.78 Å². The summed E-state index contributed by atoms with van der Waals surface area (Å²) in [6.45, 7) is 0. The molecule has 0 bridgehead atoms. The van der Waals surface area contributed by atoms with Gasteiger partial charge in [0.2, 0.25) is 0 Å². The summed E-state index contributed by atoms with van der Waals surface area (Å²) in [6, 6.07) is 14.6. The molecule has 0 aromatic heterocycles. The van der Waals surface area contributed by atoms with Crippen molar-refractivity contribution < 1.29 is 9.53 Å². The highest BCUT2D eigenvalue weighted by molar-refractivity contribution is 8.00. The predicted molar refractivity (Wildman–Crippen MR) is 79.5 cm³/mol. The first kappa shape index (κ1) is 14.0. The molecule has 0 amide bonds. The second-order valence-corrected chi connectivity index (χ2v) is 5.33. The highest BCUT2D eigenvalue weighted by atomic mass is 35.5. The van der Waals surface area contributed by atoms with Crippen molar-refractivity contribution in [3.05, 3.63) is 59.1 Å². The van der Waals surface area contributed by atoms with Gasteiger partial charge >= 0.3 is 0 Å². The van der Waals surface area contributed by atoms with Crippen molar-refractivity contribution in [2.24, 2.45) is 0 Å². The maximum Gasteiger partial charge on any atom is 0.173 e. The number of ether oxygens (including phenoxy) is 1. The monoisotopic (exact) mass is 292 g/mol. The van der Waals surface area contributed by atoms with Crippen LogP contribution >= 0.6 is 23.4 Å². The average molecular weight is 293 g/mol. The van der Waals surface area contributed by atoms with Gasteiger partial charge in [0.25, 0.3) is 0 Å². The van der Waals surface area contributed by atoms with Gasteiger partial charge < -0.3 is 4.74 Å². The Kier molecular flexibility index (Phi) is 4.88. The predicted octanol–water partition coefficient (Wildman–Crippen LogP) is 4.32. The molecule has 0 aliphatic heterocycles. The van der Waals surface area contributed by atoms with Gasteiger partial charge in [-0.2, -0.15) is 0 Å². The Balaban J connectivity index is 2.04. The van der Waals surface area contributed by atoms with Crippen LogP contribution in [-0.2, 0) is 0 Å². The van der Waals surface area contributed by atoms with E-state index in [0.717, 1.165) is 10.6 Å². The van der Waals surface area contributed by atoms with E-state index >= 15 is 0 Å². The Morgan fingerprint density at radius 3 is 2.74 bits per heavy atom. The van der Waals surface area contributed by atoms with Crippen molar-refractivity contribution in [1.29, 1.82) is 0 Å². The van der Waals surface area contributed by atoms with Gasteiger partial charge in [-0.15, -0.1) is 11.8 Å². The maximum absolute atomic E-state index is 12.0. The molecule has 0 fully saturated rings. The van der Waals surface area contributed by atoms with Crippen LogP contribution in [0, 0.1) is 0 Å². The van der Waals surface area contributed by atoms with Crippen LogP contribution in [0.1, 0.15) is 10.4 Å². The topological polar surface area (TPSA) is 26.3 Å². The summed E-state index contributed by atoms with van der Waals surface area (Å²) < 4.78 is 5.25. The number of methoxy groups -OCH3 is 1. The molecule has 0 N–H and O–H groups in total. The molecule has 0 aliphatic carbocycles. The van der Waals surface area contributed by atoms with E-state index in [1.807, 2.05) is 24.3 Å². The highest BCUT2D eigenvalue weighted by Crippen LogP contribution is 2.29. The van der Waals surface area contributed by atoms with Crippen molar-refractivity contribution in [3.8, 4) is 5.75 Å². The Labute approximate surface area is 121 Å². The third-order valence-corrected chi connectivity index (χ3v) is 3.86. The summed E-state index contributed by atoms with van der Waals surface area (Å²) in [5, 5.41) is 0.577. The van der Waals surface area contributed by atoms with Crippen LogP contribution in [0.2, 0.25) is 5.02 Å². The van der Waals surface area contributed by atoms with E-state index in [4.69, 9.17) is 16.3 Å². The number of carbonyl (C=O) groups is 1. The van der Waals surface area contributed by atoms with Crippen LogP contribution in [0.3, 0.4) is 0 Å². The zero-order valence-corrected chi connectivity index (χ0v) is 12.0. The van der Waals surface area contributed by atoms with Crippen molar-refractivity contribution >= 4 is 29.1 Å². The number of rotatable bonds is 5. The molecule has 4 heteroatoms. The summed E-state index contributed by atoms with van der Waals surface area (Å²) in [5.41, 5.74) is 0.634. The number of hydrogen-bond acceptors (Lipinski definition) is 3. The fourth-order valence-corrected chi connectivity index (χ4v) is 2.74. The smallest absolute Gasteiger partial charge is 0.173 e. The zero-order valence-electron chi connectivity index (χ0n) is 10.4. The van der Waals surface area contributed by atoms with Crippen LogP contribution in [0.25, 0.3) is 0 Å². The molecule has 2 rings (SSSR count). The fourth-order valence-electron chi connectivity index (χ4n) is 1.63. The van der Waals surface area contributed by atoms with Crippen LogP contribution in [-0.4, -0.2) is 18.6 Å². The summed E-state index contributed by atoms with van der Waals surface area (Å²) >= 11 is 7.34. The van der Waals surface area contributed by atoms with E-state index in [1.54, 1.807) is 31.4 Å². The van der Waals surface area contributed by atoms with Gasteiger partial charge in [-0.25, -0.2) is 0 Å². The lowest BCUT2D eigenvalue weighted by Crippen LogP contribution is -2.02. The van der Waals surface area contributed by atoms with E-state index < -0.39 is 0 Å². The highest BCUT2D eigenvalue weighted by Gasteiger charge is 2.09. The Bertz CT molecular complexity index is 584. The van der Waals surface area contributed by atoms with Gasteiger partial charge in [0.1, 0.15) is 5.75 Å². The molecule has 2 aromatic carbocycles. The lowest BCUT2D eigenvalue weighted by atomic mass is 10.1. The summed E-state index contributed by atoms with van der Waals surface area (Å²) in [7, 11) is 1.62. The minimum absolute atomic E-state index is 0.0541. The Morgan fingerprint density at radius 1 is 1.21 bits per heavy atom. The van der Waals surface area contributed by atoms with E-state index in [-0.39, 0.29) is 5.78 Å². The lowest BCUT2D eigenvalue weighted by Gasteiger charge is -2.07. The molecule has 0 atom stereocenters. The van der Waals surface area contributed by atoms with Crippen LogP contribution < -0.4 is 4.74 Å². The Morgan fingerprint density at radius 2 is 2.00 bits per heavy atom. The number of carbonyl (C=O) groups excluding carboxylic acids is 1. The molecule has 0 radical (unpaired) electrons. The molecule has 0 heterocycles. The molecule has 19 heavy (non-hydrogen) atoms. The standard InChI is InChI=1S/C15H13ClO2S/c1-18-14-7-2-3-8-15(14)19-10-13(17)11-5-4-6-12(16)9-11/h2-9H,10H2,1H3. The zero-order chi connectivity index (χ0) is 13.7. The first-order chi connectivity index (χ1) is 9.20. The third-order valence-electron chi connectivity index (χ3n) is 2.57. The molecule has 2 nitrogen and oxygen atoms in total. The van der Waals surface area contributed by atoms with Crippen molar-refractivity contribution in [3.63, 3.8) is 0 Å². The molecular formula is C15H13ClO2S. The molecule has 0 saturated carbocycles. The number of thioether (sulfide) groups is 1. The molecular weight excluding hydrogens is 280 g/mol. The number of ketones is 1. The van der Waals surface area contributed by atoms with Crippen molar-refractivity contribution in [2.45, 2.75) is 4.90 Å². The van der Waals surface area contributed by atoms with Crippen molar-refractivity contribution in [2.75, 3.05) is 12.9 Å². The number of hydrogen-bond donors (Lipinski definition) is 0. The van der Waals surface area contributed by atoms with Crippen LogP contribution in [0.15, 0.2) is 53.4 Å². The first-order valence-electron chi connectivity index (χ1n) is 5.75. The molecule has 0 unspecified atom stereocenters. The Hall–Kier alpha value is -1.45. The lowest BCUT2D eigenvalue weighted by molar-refractivity contribution is 0.102.